The van der Waals surface area contributed by atoms with Gasteiger partial charge in [0.15, 0.2) is 0 Å². The lowest BCUT2D eigenvalue weighted by Gasteiger charge is -2.44. The Labute approximate surface area is 269 Å². The number of unbranched alkanes of at least 4 members (excludes halogenated alkanes) is 1. The predicted molar refractivity (Wildman–Crippen MR) is 176 cm³/mol. The van der Waals surface area contributed by atoms with Crippen molar-refractivity contribution in [3.05, 3.63) is 70.7 Å². The highest BCUT2D eigenvalue weighted by molar-refractivity contribution is 6.45. The highest BCUT2D eigenvalue weighted by atomic mass is 35.5. The number of nitrogens with zero attached hydrogens (tertiary/aromatic N) is 1. The lowest BCUT2D eigenvalue weighted by Crippen LogP contribution is -2.53. The summed E-state index contributed by atoms with van der Waals surface area (Å²) in [6.07, 6.45) is 6.88. The number of nitrogens with one attached hydrogen (secondary N) is 1. The van der Waals surface area contributed by atoms with Gasteiger partial charge in [0.25, 0.3) is 0 Å². The Kier molecular flexibility index (Phi) is 11.5. The third-order valence-electron chi connectivity index (χ3n) is 9.89. The lowest BCUT2D eigenvalue weighted by molar-refractivity contribution is -0.121. The molecule has 1 atom stereocenters. The first-order valence-corrected chi connectivity index (χ1v) is 16.5. The van der Waals surface area contributed by atoms with Crippen LogP contribution in [0.5, 0.6) is 0 Å². The average Bonchev–Trinajstić information content (AvgIpc) is 3.19. The number of hydrogen-bond acceptors (Lipinski definition) is 5. The molecule has 240 valence electrons. The fourth-order valence-corrected chi connectivity index (χ4v) is 6.74. The zero-order valence-corrected chi connectivity index (χ0v) is 28.1. The number of rotatable bonds is 12. The number of halogens is 1. The van der Waals surface area contributed by atoms with Crippen molar-refractivity contribution >= 4 is 30.7 Å². The summed E-state index contributed by atoms with van der Waals surface area (Å²) < 4.78 is 18.2. The van der Waals surface area contributed by atoms with Crippen molar-refractivity contribution in [2.45, 2.75) is 129 Å². The van der Waals surface area contributed by atoms with Crippen molar-refractivity contribution in [2.24, 2.45) is 5.92 Å². The van der Waals surface area contributed by atoms with Crippen LogP contribution in [0.4, 0.5) is 4.79 Å². The Balaban J connectivity index is 1.36. The molecule has 4 rings (SSSR count). The van der Waals surface area contributed by atoms with Gasteiger partial charge in [-0.2, -0.15) is 0 Å². The molecule has 0 bridgehead atoms. The fourth-order valence-electron chi connectivity index (χ4n) is 6.61. The van der Waals surface area contributed by atoms with Crippen LogP contribution in [0.25, 0.3) is 0 Å². The van der Waals surface area contributed by atoms with Crippen molar-refractivity contribution in [3.63, 3.8) is 0 Å². The molecule has 2 fully saturated rings. The summed E-state index contributed by atoms with van der Waals surface area (Å²) in [4.78, 5) is 27.7. The molecule has 1 heterocycles. The van der Waals surface area contributed by atoms with Gasteiger partial charge in [-0.1, -0.05) is 66.9 Å². The largest absolute Gasteiger partial charge is 0.457 e. The van der Waals surface area contributed by atoms with Gasteiger partial charge in [-0.25, -0.2) is 4.79 Å². The van der Waals surface area contributed by atoms with E-state index in [-0.39, 0.29) is 48.5 Å². The van der Waals surface area contributed by atoms with Gasteiger partial charge in [0.05, 0.1) is 11.2 Å². The van der Waals surface area contributed by atoms with Crippen LogP contribution in [-0.4, -0.2) is 46.8 Å². The number of benzene rings is 2. The van der Waals surface area contributed by atoms with E-state index in [9.17, 15) is 9.59 Å². The summed E-state index contributed by atoms with van der Waals surface area (Å²) in [7, 11) is -0.198. The van der Waals surface area contributed by atoms with Crippen LogP contribution < -0.4 is 5.32 Å². The molecular weight excluding hydrogens is 575 g/mol. The van der Waals surface area contributed by atoms with Gasteiger partial charge in [0, 0.05) is 30.1 Å². The van der Waals surface area contributed by atoms with E-state index >= 15 is 0 Å². The van der Waals surface area contributed by atoms with Gasteiger partial charge < -0.3 is 24.3 Å². The quantitative estimate of drug-likeness (QED) is 0.190. The molecule has 0 radical (unpaired) electrons. The first-order chi connectivity index (χ1) is 20.8. The minimum Gasteiger partial charge on any atom is -0.445 e. The molecule has 1 aliphatic heterocycles. The molecule has 1 N–H and O–H groups in total. The van der Waals surface area contributed by atoms with Gasteiger partial charge in [0.1, 0.15) is 6.61 Å². The molecule has 2 aliphatic rings. The summed E-state index contributed by atoms with van der Waals surface area (Å²) in [5.41, 5.74) is 1.01. The first-order valence-electron chi connectivity index (χ1n) is 16.1. The minimum absolute atomic E-state index is 0.00515. The third kappa shape index (κ3) is 9.01. The summed E-state index contributed by atoms with van der Waals surface area (Å²) in [5, 5.41) is 3.98. The van der Waals surface area contributed by atoms with Crippen molar-refractivity contribution in [2.75, 3.05) is 0 Å². The molecular formula is C35H50BClN2O5. The number of carbonyl (C=O) groups excluding carboxylic acids is 2. The van der Waals surface area contributed by atoms with E-state index in [1.54, 1.807) is 6.92 Å². The Bertz CT molecular complexity index is 1220. The van der Waals surface area contributed by atoms with Gasteiger partial charge >= 0.3 is 13.2 Å². The van der Waals surface area contributed by atoms with Crippen LogP contribution >= 0.6 is 11.6 Å². The molecule has 1 saturated carbocycles. The molecule has 2 aromatic carbocycles. The van der Waals surface area contributed by atoms with Crippen molar-refractivity contribution in [1.82, 2.24) is 10.2 Å². The normalized spacial score (nSPS) is 22.2. The summed E-state index contributed by atoms with van der Waals surface area (Å²) >= 11 is 6.12. The fraction of sp³-hybridized carbons (Fsp3) is 0.600. The Hall–Kier alpha value is -2.55. The SMILES string of the molecule is CC(=O)N[C@@](C)(CCCCB1OC(C)(C)C(C)(C)O1)C1CCC(N(Cc2ccc(Cl)cc2)C(=O)OCc2ccccc2)CC1. The third-order valence-corrected chi connectivity index (χ3v) is 10.1. The van der Waals surface area contributed by atoms with Crippen molar-refractivity contribution in [1.29, 1.82) is 0 Å². The smallest absolute Gasteiger partial charge is 0.445 e. The van der Waals surface area contributed by atoms with Crippen LogP contribution in [0, 0.1) is 5.92 Å². The minimum atomic E-state index is -0.323. The number of carbonyl (C=O) groups is 2. The molecule has 0 spiro atoms. The summed E-state index contributed by atoms with van der Waals surface area (Å²) in [6, 6.07) is 17.4. The van der Waals surface area contributed by atoms with Gasteiger partial charge in [-0.15, -0.1) is 0 Å². The zero-order chi connectivity index (χ0) is 32.0. The van der Waals surface area contributed by atoms with Crippen LogP contribution in [0.1, 0.15) is 97.6 Å². The molecule has 7 nitrogen and oxygen atoms in total. The van der Waals surface area contributed by atoms with Gasteiger partial charge in [0.2, 0.25) is 5.91 Å². The van der Waals surface area contributed by atoms with Crippen molar-refractivity contribution in [3.8, 4) is 0 Å². The van der Waals surface area contributed by atoms with Crippen LogP contribution in [-0.2, 0) is 32.0 Å². The first kappa shape index (κ1) is 34.3. The van der Waals surface area contributed by atoms with E-state index < -0.39 is 0 Å². The molecule has 2 aromatic rings. The van der Waals surface area contributed by atoms with E-state index in [1.807, 2.05) is 59.5 Å². The van der Waals surface area contributed by atoms with E-state index in [4.69, 9.17) is 25.6 Å². The predicted octanol–water partition coefficient (Wildman–Crippen LogP) is 8.19. The monoisotopic (exact) mass is 624 g/mol. The molecule has 2 amide bonds. The topological polar surface area (TPSA) is 77.1 Å². The van der Waals surface area contributed by atoms with Crippen molar-refractivity contribution < 1.29 is 23.6 Å². The second-order valence-electron chi connectivity index (χ2n) is 13.8. The number of hydrogen-bond donors (Lipinski definition) is 1. The van der Waals surface area contributed by atoms with E-state index in [1.165, 1.54) is 0 Å². The Morgan fingerprint density at radius 3 is 2.16 bits per heavy atom. The van der Waals surface area contributed by atoms with Crippen LogP contribution in [0.15, 0.2) is 54.6 Å². The molecule has 44 heavy (non-hydrogen) atoms. The van der Waals surface area contributed by atoms with Crippen LogP contribution in [0.2, 0.25) is 11.3 Å². The summed E-state index contributed by atoms with van der Waals surface area (Å²) in [6.45, 7) is 12.8. The second-order valence-corrected chi connectivity index (χ2v) is 14.3. The van der Waals surface area contributed by atoms with Crippen LogP contribution in [0.3, 0.4) is 0 Å². The Morgan fingerprint density at radius 2 is 1.57 bits per heavy atom. The highest BCUT2D eigenvalue weighted by Crippen LogP contribution is 2.40. The Morgan fingerprint density at radius 1 is 0.955 bits per heavy atom. The number of amides is 2. The molecule has 1 aliphatic carbocycles. The van der Waals surface area contributed by atoms with Gasteiger partial charge in [-0.05, 0) is 102 Å². The van der Waals surface area contributed by atoms with E-state index in [0.717, 1.165) is 62.4 Å². The molecule has 1 saturated heterocycles. The summed E-state index contributed by atoms with van der Waals surface area (Å²) in [5.74, 6) is 0.312. The number of ether oxygens (including phenoxy) is 1. The van der Waals surface area contributed by atoms with Gasteiger partial charge in [-0.3, -0.25) is 4.79 Å². The molecule has 0 unspecified atom stereocenters. The lowest BCUT2D eigenvalue weighted by atomic mass is 9.71. The maximum absolute atomic E-state index is 13.5. The maximum Gasteiger partial charge on any atom is 0.457 e. The molecule has 0 aromatic heterocycles. The maximum atomic E-state index is 13.5. The van der Waals surface area contributed by atoms with E-state index in [0.29, 0.717) is 17.5 Å². The second kappa shape index (κ2) is 14.7. The van der Waals surface area contributed by atoms with E-state index in [2.05, 4.69) is 39.9 Å². The zero-order valence-electron chi connectivity index (χ0n) is 27.4. The standard InChI is InChI=1S/C35H50BClN2O5/c1-26(40)38-35(6,22-10-11-23-36-43-33(2,3)34(4,5)44-36)29-16-20-31(21-17-29)39(24-27-14-18-30(37)19-15-27)32(41)42-25-28-12-8-7-9-13-28/h7-9,12-15,18-19,29,31H,10-11,16-17,20-25H2,1-6H3,(H,38,40)/t29?,31?,35-/m0/s1. The highest BCUT2D eigenvalue weighted by Gasteiger charge is 2.50. The average molecular weight is 625 g/mol. The molecule has 9 heteroatoms.